The van der Waals surface area contributed by atoms with E-state index in [1.807, 2.05) is 0 Å². The molecular formula is C9H9N5O2. The van der Waals surface area contributed by atoms with E-state index in [-0.39, 0.29) is 17.6 Å². The lowest BCUT2D eigenvalue weighted by Gasteiger charge is -2.04. The molecule has 0 fully saturated rings. The number of amides is 1. The minimum absolute atomic E-state index is 0.0642. The molecular weight excluding hydrogens is 210 g/mol. The third kappa shape index (κ3) is 1.88. The van der Waals surface area contributed by atoms with Gasteiger partial charge >= 0.3 is 11.8 Å². The van der Waals surface area contributed by atoms with Gasteiger partial charge in [-0.3, -0.25) is 9.78 Å². The Morgan fingerprint density at radius 3 is 2.81 bits per heavy atom. The molecule has 0 unspecified atom stereocenters. The maximum Gasteiger partial charge on any atom is 0.316 e. The van der Waals surface area contributed by atoms with E-state index >= 15 is 0 Å². The number of hydrogen-bond donors (Lipinski definition) is 0. The minimum atomic E-state index is -0.345. The molecule has 2 rings (SSSR count). The zero-order valence-corrected chi connectivity index (χ0v) is 8.78. The van der Waals surface area contributed by atoms with Crippen molar-refractivity contribution in [2.24, 2.45) is 0 Å². The maximum atomic E-state index is 11.5. The maximum absolute atomic E-state index is 11.5. The standard InChI is InChI=1S/C9H9N5O2/c1-14(2)9(15)8-12-7(13-16-8)6-5-10-3-4-11-6/h3-5H,1-2H3. The lowest BCUT2D eigenvalue weighted by molar-refractivity contribution is 0.0779. The van der Waals surface area contributed by atoms with Crippen molar-refractivity contribution in [1.29, 1.82) is 0 Å². The van der Waals surface area contributed by atoms with Crippen LogP contribution in [0.4, 0.5) is 0 Å². The first-order valence-corrected chi connectivity index (χ1v) is 4.50. The Hall–Kier alpha value is -2.31. The van der Waals surface area contributed by atoms with Crippen LogP contribution in [-0.4, -0.2) is 45.0 Å². The number of aromatic nitrogens is 4. The lowest BCUT2D eigenvalue weighted by atomic mass is 10.4. The first-order valence-electron chi connectivity index (χ1n) is 4.50. The number of carbonyl (C=O) groups is 1. The van der Waals surface area contributed by atoms with Crippen LogP contribution in [0.5, 0.6) is 0 Å². The van der Waals surface area contributed by atoms with Crippen molar-refractivity contribution >= 4 is 5.91 Å². The first-order chi connectivity index (χ1) is 7.68. The van der Waals surface area contributed by atoms with Crippen LogP contribution in [0.3, 0.4) is 0 Å². The van der Waals surface area contributed by atoms with Gasteiger partial charge in [0, 0.05) is 26.5 Å². The molecule has 0 spiro atoms. The highest BCUT2D eigenvalue weighted by molar-refractivity contribution is 5.89. The zero-order valence-electron chi connectivity index (χ0n) is 8.78. The summed E-state index contributed by atoms with van der Waals surface area (Å²) in [6.07, 6.45) is 4.55. The first kappa shape index (κ1) is 10.2. The molecule has 82 valence electrons. The van der Waals surface area contributed by atoms with Crippen molar-refractivity contribution in [2.75, 3.05) is 14.1 Å². The summed E-state index contributed by atoms with van der Waals surface area (Å²) >= 11 is 0. The van der Waals surface area contributed by atoms with Gasteiger partial charge in [-0.15, -0.1) is 0 Å². The lowest BCUT2D eigenvalue weighted by Crippen LogP contribution is -2.21. The van der Waals surface area contributed by atoms with Crippen molar-refractivity contribution in [3.05, 3.63) is 24.5 Å². The summed E-state index contributed by atoms with van der Waals surface area (Å²) in [7, 11) is 3.21. The number of carbonyl (C=O) groups excluding carboxylic acids is 1. The molecule has 7 heteroatoms. The molecule has 16 heavy (non-hydrogen) atoms. The zero-order chi connectivity index (χ0) is 11.5. The Morgan fingerprint density at radius 2 is 2.19 bits per heavy atom. The van der Waals surface area contributed by atoms with Crippen LogP contribution in [0, 0.1) is 0 Å². The Balaban J connectivity index is 2.30. The summed E-state index contributed by atoms with van der Waals surface area (Å²) in [5, 5.41) is 3.65. The van der Waals surface area contributed by atoms with Gasteiger partial charge in [-0.2, -0.15) is 4.98 Å². The third-order valence-corrected chi connectivity index (χ3v) is 1.81. The molecule has 0 saturated carbocycles. The van der Waals surface area contributed by atoms with Gasteiger partial charge in [0.2, 0.25) is 5.82 Å². The van der Waals surface area contributed by atoms with Crippen LogP contribution < -0.4 is 0 Å². The minimum Gasteiger partial charge on any atom is -0.341 e. The molecule has 2 aromatic rings. The molecule has 0 N–H and O–H groups in total. The highest BCUT2D eigenvalue weighted by Crippen LogP contribution is 2.11. The van der Waals surface area contributed by atoms with E-state index in [1.54, 1.807) is 14.1 Å². The van der Waals surface area contributed by atoms with Gasteiger partial charge in [0.15, 0.2) is 0 Å². The van der Waals surface area contributed by atoms with Crippen molar-refractivity contribution in [1.82, 2.24) is 25.0 Å². The number of nitrogens with zero attached hydrogens (tertiary/aromatic N) is 5. The normalized spacial score (nSPS) is 10.1. The SMILES string of the molecule is CN(C)C(=O)c1nc(-c2cnccn2)no1. The Bertz CT molecular complexity index is 494. The highest BCUT2D eigenvalue weighted by atomic mass is 16.5. The molecule has 0 saturated heterocycles. The average molecular weight is 219 g/mol. The van der Waals surface area contributed by atoms with Gasteiger partial charge in [0.1, 0.15) is 5.69 Å². The molecule has 0 aromatic carbocycles. The van der Waals surface area contributed by atoms with Gasteiger partial charge in [-0.25, -0.2) is 4.98 Å². The average Bonchev–Trinajstić information content (AvgIpc) is 2.78. The summed E-state index contributed by atoms with van der Waals surface area (Å²) < 4.78 is 4.82. The van der Waals surface area contributed by atoms with E-state index in [4.69, 9.17) is 4.52 Å². The predicted molar refractivity (Wildman–Crippen MR) is 53.3 cm³/mol. The molecule has 0 radical (unpaired) electrons. The quantitative estimate of drug-likeness (QED) is 0.718. The Morgan fingerprint density at radius 1 is 1.38 bits per heavy atom. The van der Waals surface area contributed by atoms with Gasteiger partial charge in [-0.05, 0) is 0 Å². The highest BCUT2D eigenvalue weighted by Gasteiger charge is 2.18. The fraction of sp³-hybridized carbons (Fsp3) is 0.222. The molecule has 7 nitrogen and oxygen atoms in total. The summed E-state index contributed by atoms with van der Waals surface area (Å²) in [5.74, 6) is -0.161. The van der Waals surface area contributed by atoms with Gasteiger partial charge < -0.3 is 9.42 Å². The van der Waals surface area contributed by atoms with Crippen LogP contribution in [0.2, 0.25) is 0 Å². The summed E-state index contributed by atoms with van der Waals surface area (Å²) in [4.78, 5) is 24.6. The smallest absolute Gasteiger partial charge is 0.316 e. The van der Waals surface area contributed by atoms with E-state index in [0.717, 1.165) is 0 Å². The van der Waals surface area contributed by atoms with Crippen molar-refractivity contribution in [2.45, 2.75) is 0 Å². The van der Waals surface area contributed by atoms with Crippen LogP contribution in [0.1, 0.15) is 10.7 Å². The molecule has 2 heterocycles. The van der Waals surface area contributed by atoms with Gasteiger partial charge in [0.25, 0.3) is 0 Å². The van der Waals surface area contributed by atoms with Gasteiger partial charge in [0.05, 0.1) is 6.20 Å². The predicted octanol–water partition coefficient (Wildman–Crippen LogP) is 0.228. The molecule has 1 amide bonds. The van der Waals surface area contributed by atoms with Crippen molar-refractivity contribution in [3.63, 3.8) is 0 Å². The summed E-state index contributed by atoms with van der Waals surface area (Å²) in [6, 6.07) is 0. The summed E-state index contributed by atoms with van der Waals surface area (Å²) in [5.41, 5.74) is 0.462. The largest absolute Gasteiger partial charge is 0.341 e. The third-order valence-electron chi connectivity index (χ3n) is 1.81. The molecule has 0 aliphatic heterocycles. The molecule has 0 aliphatic carbocycles. The van der Waals surface area contributed by atoms with Crippen molar-refractivity contribution in [3.8, 4) is 11.5 Å². The van der Waals surface area contributed by atoms with E-state index < -0.39 is 0 Å². The van der Waals surface area contributed by atoms with E-state index in [9.17, 15) is 4.79 Å². The molecule has 0 bridgehead atoms. The molecule has 0 aliphatic rings. The van der Waals surface area contributed by atoms with Gasteiger partial charge in [-0.1, -0.05) is 5.16 Å². The van der Waals surface area contributed by atoms with Crippen LogP contribution in [0.25, 0.3) is 11.5 Å². The second-order valence-electron chi connectivity index (χ2n) is 3.21. The second kappa shape index (κ2) is 4.05. The van der Waals surface area contributed by atoms with E-state index in [0.29, 0.717) is 5.69 Å². The van der Waals surface area contributed by atoms with Crippen molar-refractivity contribution < 1.29 is 9.32 Å². The Labute approximate surface area is 91.1 Å². The summed E-state index contributed by atoms with van der Waals surface area (Å²) in [6.45, 7) is 0. The van der Waals surface area contributed by atoms with Crippen LogP contribution in [0.15, 0.2) is 23.1 Å². The fourth-order valence-electron chi connectivity index (χ4n) is 1.02. The molecule has 2 aromatic heterocycles. The monoisotopic (exact) mass is 219 g/mol. The fourth-order valence-corrected chi connectivity index (χ4v) is 1.02. The Kier molecular flexibility index (Phi) is 2.59. The van der Waals surface area contributed by atoms with Crippen LogP contribution >= 0.6 is 0 Å². The topological polar surface area (TPSA) is 85.0 Å². The van der Waals surface area contributed by atoms with E-state index in [1.165, 1.54) is 23.5 Å². The second-order valence-corrected chi connectivity index (χ2v) is 3.21. The number of rotatable bonds is 2. The van der Waals surface area contributed by atoms with Crippen LogP contribution in [-0.2, 0) is 0 Å². The van der Waals surface area contributed by atoms with E-state index in [2.05, 4.69) is 20.1 Å². The molecule has 0 atom stereocenters. The number of hydrogen-bond acceptors (Lipinski definition) is 6.